The molecule has 0 heterocycles. The molecular formula is C28H27BrN2O5. The van der Waals surface area contributed by atoms with Crippen LogP contribution < -0.4 is 24.3 Å². The van der Waals surface area contributed by atoms with Crippen molar-refractivity contribution in [2.45, 2.75) is 13.8 Å². The molecule has 3 aromatic rings. The molecule has 0 aliphatic carbocycles. The van der Waals surface area contributed by atoms with Crippen molar-refractivity contribution in [1.29, 1.82) is 5.26 Å². The second-order valence-corrected chi connectivity index (χ2v) is 8.56. The Hall–Kier alpha value is -3.96. The minimum absolute atomic E-state index is 0.198. The van der Waals surface area contributed by atoms with Crippen molar-refractivity contribution in [2.24, 2.45) is 0 Å². The van der Waals surface area contributed by atoms with E-state index in [4.69, 9.17) is 18.9 Å². The number of hydrogen-bond donors (Lipinski definition) is 1. The average molecular weight is 551 g/mol. The zero-order valence-corrected chi connectivity index (χ0v) is 22.1. The van der Waals surface area contributed by atoms with E-state index in [0.717, 1.165) is 5.56 Å². The van der Waals surface area contributed by atoms with Crippen LogP contribution >= 0.6 is 15.9 Å². The van der Waals surface area contributed by atoms with Crippen LogP contribution in [0.15, 0.2) is 59.1 Å². The number of nitrogens with zero attached hydrogens (tertiary/aromatic N) is 1. The van der Waals surface area contributed by atoms with Crippen LogP contribution in [0.4, 0.5) is 5.69 Å². The number of nitriles is 1. The van der Waals surface area contributed by atoms with Gasteiger partial charge < -0.3 is 24.3 Å². The molecule has 0 spiro atoms. The molecule has 0 unspecified atom stereocenters. The van der Waals surface area contributed by atoms with Gasteiger partial charge in [0.2, 0.25) is 0 Å². The Labute approximate surface area is 219 Å². The Morgan fingerprint density at radius 2 is 1.81 bits per heavy atom. The SMILES string of the molecule is CCOc1cc(/C=C(\C#N)c2ccc(OC)c(OC)c2)cc(Br)c1OCC(=O)Nc1cccc(C)c1. The highest BCUT2D eigenvalue weighted by molar-refractivity contribution is 9.10. The van der Waals surface area contributed by atoms with Crippen LogP contribution in [0.3, 0.4) is 0 Å². The maximum atomic E-state index is 12.4. The first-order chi connectivity index (χ1) is 17.4. The third kappa shape index (κ3) is 6.80. The number of rotatable bonds is 10. The minimum Gasteiger partial charge on any atom is -0.493 e. The van der Waals surface area contributed by atoms with Gasteiger partial charge in [0.15, 0.2) is 29.6 Å². The third-order valence-corrected chi connectivity index (χ3v) is 5.70. The molecular weight excluding hydrogens is 524 g/mol. The summed E-state index contributed by atoms with van der Waals surface area (Å²) in [5.74, 6) is 1.66. The number of allylic oxidation sites excluding steroid dienone is 1. The number of amides is 1. The monoisotopic (exact) mass is 550 g/mol. The topological polar surface area (TPSA) is 89.8 Å². The molecule has 0 saturated carbocycles. The summed E-state index contributed by atoms with van der Waals surface area (Å²) in [6.45, 7) is 4.01. The van der Waals surface area contributed by atoms with Gasteiger partial charge in [-0.15, -0.1) is 0 Å². The number of hydrogen-bond acceptors (Lipinski definition) is 6. The van der Waals surface area contributed by atoms with Crippen molar-refractivity contribution < 1.29 is 23.7 Å². The van der Waals surface area contributed by atoms with Crippen molar-refractivity contribution in [1.82, 2.24) is 0 Å². The smallest absolute Gasteiger partial charge is 0.262 e. The van der Waals surface area contributed by atoms with Gasteiger partial charge in [-0.25, -0.2) is 0 Å². The van der Waals surface area contributed by atoms with Gasteiger partial charge in [-0.05, 0) is 95.0 Å². The van der Waals surface area contributed by atoms with Gasteiger partial charge in [0.1, 0.15) is 0 Å². The second-order valence-electron chi connectivity index (χ2n) is 7.71. The van der Waals surface area contributed by atoms with Crippen LogP contribution in [0.2, 0.25) is 0 Å². The first-order valence-corrected chi connectivity index (χ1v) is 12.0. The van der Waals surface area contributed by atoms with E-state index >= 15 is 0 Å². The summed E-state index contributed by atoms with van der Waals surface area (Å²) in [6, 6.07) is 18.6. The molecule has 0 bridgehead atoms. The fourth-order valence-electron chi connectivity index (χ4n) is 3.48. The molecule has 3 aromatic carbocycles. The van der Waals surface area contributed by atoms with Crippen LogP contribution in [-0.4, -0.2) is 33.3 Å². The first kappa shape index (κ1) is 26.6. The highest BCUT2D eigenvalue weighted by atomic mass is 79.9. The summed E-state index contributed by atoms with van der Waals surface area (Å²) < 4.78 is 22.8. The molecule has 0 aliphatic heterocycles. The molecule has 0 aromatic heterocycles. The van der Waals surface area contributed by atoms with Gasteiger partial charge >= 0.3 is 0 Å². The third-order valence-electron chi connectivity index (χ3n) is 5.11. The molecule has 8 heteroatoms. The van der Waals surface area contributed by atoms with Gasteiger partial charge in [-0.2, -0.15) is 5.26 Å². The highest BCUT2D eigenvalue weighted by Gasteiger charge is 2.15. The lowest BCUT2D eigenvalue weighted by atomic mass is 10.0. The van der Waals surface area contributed by atoms with Crippen LogP contribution in [-0.2, 0) is 4.79 Å². The first-order valence-electron chi connectivity index (χ1n) is 11.2. The zero-order valence-electron chi connectivity index (χ0n) is 20.6. The van der Waals surface area contributed by atoms with Crippen LogP contribution in [0.5, 0.6) is 23.0 Å². The number of aryl methyl sites for hydroxylation is 1. The molecule has 0 saturated heterocycles. The van der Waals surface area contributed by atoms with Gasteiger partial charge in [0, 0.05) is 5.69 Å². The van der Waals surface area contributed by atoms with Crippen molar-refractivity contribution in [3.05, 3.63) is 75.8 Å². The van der Waals surface area contributed by atoms with Crippen LogP contribution in [0.1, 0.15) is 23.6 Å². The maximum Gasteiger partial charge on any atom is 0.262 e. The summed E-state index contributed by atoms with van der Waals surface area (Å²) in [5, 5.41) is 12.6. The summed E-state index contributed by atoms with van der Waals surface area (Å²) >= 11 is 3.52. The van der Waals surface area contributed by atoms with Gasteiger partial charge in [0.05, 0.1) is 36.9 Å². The van der Waals surface area contributed by atoms with Crippen molar-refractivity contribution in [3.8, 4) is 29.1 Å². The molecule has 36 heavy (non-hydrogen) atoms. The molecule has 1 N–H and O–H groups in total. The lowest BCUT2D eigenvalue weighted by Crippen LogP contribution is -2.20. The number of benzene rings is 3. The Morgan fingerprint density at radius 3 is 2.47 bits per heavy atom. The van der Waals surface area contributed by atoms with E-state index in [0.29, 0.717) is 56.5 Å². The Bertz CT molecular complexity index is 1310. The van der Waals surface area contributed by atoms with Crippen LogP contribution in [0, 0.1) is 18.3 Å². The van der Waals surface area contributed by atoms with Crippen molar-refractivity contribution in [3.63, 3.8) is 0 Å². The molecule has 0 atom stereocenters. The number of nitrogens with one attached hydrogen (secondary N) is 1. The fraction of sp³-hybridized carbons (Fsp3) is 0.214. The van der Waals surface area contributed by atoms with Gasteiger partial charge in [0.25, 0.3) is 5.91 Å². The molecule has 0 fully saturated rings. The van der Waals surface area contributed by atoms with Gasteiger partial charge in [-0.3, -0.25) is 4.79 Å². The highest BCUT2D eigenvalue weighted by Crippen LogP contribution is 2.38. The summed E-state index contributed by atoms with van der Waals surface area (Å²) in [6.07, 6.45) is 1.74. The molecule has 186 valence electrons. The van der Waals surface area contributed by atoms with Crippen LogP contribution in [0.25, 0.3) is 11.6 Å². The van der Waals surface area contributed by atoms with E-state index in [-0.39, 0.29) is 12.5 Å². The molecule has 0 aliphatic rings. The summed E-state index contributed by atoms with van der Waals surface area (Å²) in [4.78, 5) is 12.4. The number of carbonyl (C=O) groups excluding carboxylic acids is 1. The largest absolute Gasteiger partial charge is 0.493 e. The lowest BCUT2D eigenvalue weighted by Gasteiger charge is -2.15. The fourth-order valence-corrected chi connectivity index (χ4v) is 4.06. The predicted molar refractivity (Wildman–Crippen MR) is 144 cm³/mol. The maximum absolute atomic E-state index is 12.4. The number of anilines is 1. The Kier molecular flexibility index (Phi) is 9.37. The average Bonchev–Trinajstić information content (AvgIpc) is 2.86. The van der Waals surface area contributed by atoms with E-state index < -0.39 is 0 Å². The van der Waals surface area contributed by atoms with E-state index in [1.165, 1.54) is 0 Å². The number of methoxy groups -OCH3 is 2. The molecule has 1 amide bonds. The minimum atomic E-state index is -0.292. The van der Waals surface area contributed by atoms with E-state index in [9.17, 15) is 10.1 Å². The summed E-state index contributed by atoms with van der Waals surface area (Å²) in [7, 11) is 3.10. The standard InChI is InChI=1S/C28H27BrN2O5/c1-5-35-26-14-19(12-21(16-30)20-9-10-24(33-3)25(15-20)34-4)13-23(29)28(26)36-17-27(32)31-22-8-6-7-18(2)11-22/h6-15H,5,17H2,1-4H3,(H,31,32)/b21-12+. The zero-order chi connectivity index (χ0) is 26.1. The number of carbonyl (C=O) groups is 1. The van der Waals surface area contributed by atoms with E-state index in [1.54, 1.807) is 50.6 Å². The van der Waals surface area contributed by atoms with E-state index in [2.05, 4.69) is 27.3 Å². The lowest BCUT2D eigenvalue weighted by molar-refractivity contribution is -0.118. The predicted octanol–water partition coefficient (Wildman–Crippen LogP) is 6.26. The Balaban J connectivity index is 1.84. The summed E-state index contributed by atoms with van der Waals surface area (Å²) in [5.41, 5.74) is 3.57. The Morgan fingerprint density at radius 1 is 1.03 bits per heavy atom. The molecule has 3 rings (SSSR count). The molecule has 7 nitrogen and oxygen atoms in total. The van der Waals surface area contributed by atoms with E-state index in [1.807, 2.05) is 38.1 Å². The number of ether oxygens (including phenoxy) is 4. The normalized spacial score (nSPS) is 10.8. The van der Waals surface area contributed by atoms with Gasteiger partial charge in [-0.1, -0.05) is 12.1 Å². The van der Waals surface area contributed by atoms with Crippen molar-refractivity contribution in [2.75, 3.05) is 32.8 Å². The number of halogens is 1. The second kappa shape index (κ2) is 12.7. The quantitative estimate of drug-likeness (QED) is 0.237. The molecule has 0 radical (unpaired) electrons. The van der Waals surface area contributed by atoms with Crippen molar-refractivity contribution >= 4 is 39.2 Å².